The van der Waals surface area contributed by atoms with E-state index >= 15 is 0 Å². The van der Waals surface area contributed by atoms with E-state index in [0.717, 1.165) is 29.1 Å². The van der Waals surface area contributed by atoms with Crippen LogP contribution < -0.4 is 0 Å². The number of rotatable bonds is 7. The summed E-state index contributed by atoms with van der Waals surface area (Å²) in [6.45, 7) is 6.60. The predicted octanol–water partition coefficient (Wildman–Crippen LogP) is 2.65. The lowest BCUT2D eigenvalue weighted by atomic mass is 10.1. The first-order valence-electron chi connectivity index (χ1n) is 10.1. The molecule has 2 aromatic rings. The van der Waals surface area contributed by atoms with Crippen LogP contribution in [0.15, 0.2) is 30.3 Å². The molecule has 1 aliphatic heterocycles. The van der Waals surface area contributed by atoms with Gasteiger partial charge in [0.15, 0.2) is 0 Å². The topological polar surface area (TPSA) is 75.5 Å². The predicted molar refractivity (Wildman–Crippen MR) is 113 cm³/mol. The number of amides is 1. The van der Waals surface area contributed by atoms with E-state index in [9.17, 15) is 13.2 Å². The summed E-state index contributed by atoms with van der Waals surface area (Å²) in [7, 11) is -1.65. The van der Waals surface area contributed by atoms with Gasteiger partial charge in [-0.15, -0.1) is 0 Å². The maximum absolute atomic E-state index is 13.1. The largest absolute Gasteiger partial charge is 0.340 e. The zero-order valence-corrected chi connectivity index (χ0v) is 18.4. The number of nitrogens with zero attached hydrogens (tertiary/aromatic N) is 4. The third kappa shape index (κ3) is 4.38. The van der Waals surface area contributed by atoms with Gasteiger partial charge in [0, 0.05) is 31.4 Å². The van der Waals surface area contributed by atoms with Gasteiger partial charge in [0.05, 0.1) is 17.1 Å². The second-order valence-corrected chi connectivity index (χ2v) is 9.72. The van der Waals surface area contributed by atoms with Crippen LogP contribution in [0.25, 0.3) is 5.69 Å². The first kappa shape index (κ1) is 21.5. The minimum absolute atomic E-state index is 0.0859. The van der Waals surface area contributed by atoms with Crippen molar-refractivity contribution in [3.8, 4) is 5.69 Å². The number of carbonyl (C=O) groups excluding carboxylic acids is 1. The minimum Gasteiger partial charge on any atom is -0.340 e. The molecular weight excluding hydrogens is 388 g/mol. The number of carbonyl (C=O) groups is 1. The third-order valence-corrected chi connectivity index (χ3v) is 7.60. The molecule has 1 saturated heterocycles. The zero-order chi connectivity index (χ0) is 21.2. The molecule has 1 fully saturated rings. The van der Waals surface area contributed by atoms with E-state index in [1.165, 1.54) is 4.31 Å². The summed E-state index contributed by atoms with van der Waals surface area (Å²) in [5.74, 6) is -0.0591. The van der Waals surface area contributed by atoms with E-state index in [-0.39, 0.29) is 11.7 Å². The number of aryl methyl sites for hydroxylation is 1. The zero-order valence-electron chi connectivity index (χ0n) is 17.6. The molecule has 2 heterocycles. The van der Waals surface area contributed by atoms with E-state index < -0.39 is 16.1 Å². The van der Waals surface area contributed by atoms with Crippen LogP contribution in [0.1, 0.15) is 43.1 Å². The number of hydrogen-bond acceptors (Lipinski definition) is 4. The molecule has 0 radical (unpaired) electrons. The average Bonchev–Trinajstić information content (AvgIpc) is 3.29. The number of hydrogen-bond donors (Lipinski definition) is 0. The van der Waals surface area contributed by atoms with Crippen molar-refractivity contribution < 1.29 is 13.2 Å². The van der Waals surface area contributed by atoms with E-state index in [1.807, 2.05) is 55.8 Å². The average molecular weight is 419 g/mol. The SMILES string of the molecule is CCCS(=O)(=O)N1CCCC1C(=O)N(C)Cc1c(C)nn(-c2ccccc2)c1C. The summed E-state index contributed by atoms with van der Waals surface area (Å²) in [5, 5.41) is 4.64. The molecular formula is C21H30N4O3S. The number of para-hydroxylation sites is 1. The molecule has 1 unspecified atom stereocenters. The van der Waals surface area contributed by atoms with Gasteiger partial charge in [0.25, 0.3) is 0 Å². The van der Waals surface area contributed by atoms with Gasteiger partial charge < -0.3 is 4.90 Å². The van der Waals surface area contributed by atoms with Gasteiger partial charge in [-0.25, -0.2) is 13.1 Å². The number of aromatic nitrogens is 2. The fraction of sp³-hybridized carbons (Fsp3) is 0.524. The van der Waals surface area contributed by atoms with Gasteiger partial charge in [0.2, 0.25) is 15.9 Å². The van der Waals surface area contributed by atoms with Gasteiger partial charge in [0.1, 0.15) is 6.04 Å². The molecule has 1 aromatic carbocycles. The Hall–Kier alpha value is -2.19. The Balaban J connectivity index is 1.79. The van der Waals surface area contributed by atoms with Gasteiger partial charge >= 0.3 is 0 Å². The molecule has 1 aliphatic rings. The van der Waals surface area contributed by atoms with Crippen LogP contribution in [0.3, 0.4) is 0 Å². The standard InChI is InChI=1S/C21H30N4O3S/c1-5-14-29(27,28)24-13-9-12-20(24)21(26)23(4)15-19-16(2)22-25(17(19)3)18-10-7-6-8-11-18/h6-8,10-11,20H,5,9,12-15H2,1-4H3. The van der Waals surface area contributed by atoms with Gasteiger partial charge in [-0.3, -0.25) is 4.79 Å². The molecule has 1 amide bonds. The van der Waals surface area contributed by atoms with Crippen molar-refractivity contribution in [3.63, 3.8) is 0 Å². The Morgan fingerprint density at radius 3 is 2.59 bits per heavy atom. The third-order valence-electron chi connectivity index (χ3n) is 5.52. The van der Waals surface area contributed by atoms with Crippen LogP contribution in [0.5, 0.6) is 0 Å². The molecule has 29 heavy (non-hydrogen) atoms. The van der Waals surface area contributed by atoms with E-state index in [4.69, 9.17) is 0 Å². The van der Waals surface area contributed by atoms with Crippen LogP contribution in [-0.2, 0) is 21.4 Å². The Bertz CT molecular complexity index is 969. The Labute approximate surface area is 173 Å². The summed E-state index contributed by atoms with van der Waals surface area (Å²) in [6, 6.07) is 9.28. The summed E-state index contributed by atoms with van der Waals surface area (Å²) in [5.41, 5.74) is 3.81. The molecule has 8 heteroatoms. The lowest BCUT2D eigenvalue weighted by Crippen LogP contribution is -2.47. The molecule has 3 rings (SSSR count). The highest BCUT2D eigenvalue weighted by molar-refractivity contribution is 7.89. The molecule has 0 N–H and O–H groups in total. The van der Waals surface area contributed by atoms with Crippen molar-refractivity contribution in [1.29, 1.82) is 0 Å². The van der Waals surface area contributed by atoms with E-state index in [2.05, 4.69) is 5.10 Å². The number of benzene rings is 1. The van der Waals surface area contributed by atoms with E-state index in [0.29, 0.717) is 25.9 Å². The Morgan fingerprint density at radius 2 is 1.93 bits per heavy atom. The highest BCUT2D eigenvalue weighted by atomic mass is 32.2. The highest BCUT2D eigenvalue weighted by Gasteiger charge is 2.39. The second kappa shape index (κ2) is 8.67. The van der Waals surface area contributed by atoms with Crippen LogP contribution >= 0.6 is 0 Å². The van der Waals surface area contributed by atoms with Crippen LogP contribution in [0, 0.1) is 13.8 Å². The smallest absolute Gasteiger partial charge is 0.241 e. The molecule has 0 bridgehead atoms. The summed E-state index contributed by atoms with van der Waals surface area (Å²) >= 11 is 0. The quantitative estimate of drug-likeness (QED) is 0.693. The Morgan fingerprint density at radius 1 is 1.24 bits per heavy atom. The lowest BCUT2D eigenvalue weighted by Gasteiger charge is -2.27. The van der Waals surface area contributed by atoms with Crippen LogP contribution in [-0.4, -0.2) is 58.7 Å². The van der Waals surface area contributed by atoms with Gasteiger partial charge in [-0.2, -0.15) is 9.40 Å². The summed E-state index contributed by atoms with van der Waals surface area (Å²) < 4.78 is 28.4. The molecule has 7 nitrogen and oxygen atoms in total. The number of likely N-dealkylation sites (N-methyl/N-ethyl adjacent to an activating group) is 1. The van der Waals surface area contributed by atoms with Crippen molar-refractivity contribution >= 4 is 15.9 Å². The first-order chi connectivity index (χ1) is 13.8. The van der Waals surface area contributed by atoms with Crippen LogP contribution in [0.4, 0.5) is 0 Å². The molecule has 158 valence electrons. The normalized spacial score (nSPS) is 17.6. The Kier molecular flexibility index (Phi) is 6.43. The first-order valence-corrected chi connectivity index (χ1v) is 11.7. The van der Waals surface area contributed by atoms with Crippen molar-refractivity contribution in [2.24, 2.45) is 0 Å². The van der Waals surface area contributed by atoms with Gasteiger partial charge in [-0.05, 0) is 45.2 Å². The molecule has 1 atom stereocenters. The second-order valence-electron chi connectivity index (χ2n) is 7.68. The molecule has 0 spiro atoms. The fourth-order valence-electron chi connectivity index (χ4n) is 3.99. The number of sulfonamides is 1. The van der Waals surface area contributed by atoms with Gasteiger partial charge in [-0.1, -0.05) is 25.1 Å². The lowest BCUT2D eigenvalue weighted by molar-refractivity contribution is -0.133. The maximum Gasteiger partial charge on any atom is 0.241 e. The highest BCUT2D eigenvalue weighted by Crippen LogP contribution is 2.25. The van der Waals surface area contributed by atoms with Crippen molar-refractivity contribution in [2.45, 2.75) is 52.6 Å². The fourth-order valence-corrected chi connectivity index (χ4v) is 5.73. The molecule has 0 saturated carbocycles. The van der Waals surface area contributed by atoms with Crippen molar-refractivity contribution in [3.05, 3.63) is 47.3 Å². The molecule has 1 aromatic heterocycles. The van der Waals surface area contributed by atoms with Crippen molar-refractivity contribution in [1.82, 2.24) is 19.0 Å². The monoisotopic (exact) mass is 418 g/mol. The molecule has 0 aliphatic carbocycles. The maximum atomic E-state index is 13.1. The van der Waals surface area contributed by atoms with E-state index in [1.54, 1.807) is 11.9 Å². The van der Waals surface area contributed by atoms with Crippen molar-refractivity contribution in [2.75, 3.05) is 19.3 Å². The summed E-state index contributed by atoms with van der Waals surface area (Å²) in [6.07, 6.45) is 1.84. The summed E-state index contributed by atoms with van der Waals surface area (Å²) in [4.78, 5) is 14.7. The minimum atomic E-state index is -3.39. The van der Waals surface area contributed by atoms with Crippen LogP contribution in [0.2, 0.25) is 0 Å².